The molecule has 1 aromatic carbocycles. The van der Waals surface area contributed by atoms with Crippen molar-refractivity contribution in [3.63, 3.8) is 0 Å². The number of fused-ring (bicyclic) bond motifs is 2. The fraction of sp³-hybridized carbons (Fsp3) is 0.462. The summed E-state index contributed by atoms with van der Waals surface area (Å²) < 4.78 is 11.4. The third-order valence-electron chi connectivity index (χ3n) is 6.43. The van der Waals surface area contributed by atoms with Crippen LogP contribution in [0.2, 0.25) is 0 Å². The van der Waals surface area contributed by atoms with E-state index in [-0.39, 0.29) is 18.0 Å². The molecule has 0 bridgehead atoms. The number of allylic oxidation sites excluding steroid dienone is 1. The summed E-state index contributed by atoms with van der Waals surface area (Å²) in [5.41, 5.74) is 4.65. The van der Waals surface area contributed by atoms with Gasteiger partial charge in [-0.1, -0.05) is 18.2 Å². The Morgan fingerprint density at radius 3 is 2.70 bits per heavy atom. The standard InChI is InChI=1S/C26H33N3O4/c1-3-29(20-10-13-32-14-11-20)24-9-6-8-22-21(24)7-4-5-12-33-17-19-15-18(2)28-26(31)23(19)16-27-25(22)30/h4-6,8-9,15,20H,3,7,10-14,16-17H2,1-2H3,(H,27,30)(H,28,31)/b5-4-. The molecular weight excluding hydrogens is 418 g/mol. The van der Waals surface area contributed by atoms with Crippen LogP contribution in [0.3, 0.4) is 0 Å². The second-order valence-electron chi connectivity index (χ2n) is 8.59. The third kappa shape index (κ3) is 5.37. The fourth-order valence-electron chi connectivity index (χ4n) is 4.77. The second-order valence-corrected chi connectivity index (χ2v) is 8.59. The number of nitrogens with zero attached hydrogens (tertiary/aromatic N) is 1. The van der Waals surface area contributed by atoms with Crippen LogP contribution in [0.15, 0.2) is 41.2 Å². The molecule has 0 atom stereocenters. The average molecular weight is 452 g/mol. The van der Waals surface area contributed by atoms with E-state index in [0.717, 1.165) is 55.1 Å². The van der Waals surface area contributed by atoms with Crippen molar-refractivity contribution in [2.75, 3.05) is 31.3 Å². The van der Waals surface area contributed by atoms with Crippen molar-refractivity contribution in [2.45, 2.75) is 52.3 Å². The number of benzene rings is 1. The minimum absolute atomic E-state index is 0.154. The summed E-state index contributed by atoms with van der Waals surface area (Å²) in [6, 6.07) is 8.23. The van der Waals surface area contributed by atoms with Crippen LogP contribution in [0.4, 0.5) is 5.69 Å². The van der Waals surface area contributed by atoms with Gasteiger partial charge in [0, 0.05) is 54.9 Å². The zero-order valence-electron chi connectivity index (χ0n) is 19.5. The minimum Gasteiger partial charge on any atom is -0.381 e. The van der Waals surface area contributed by atoms with Crippen LogP contribution in [-0.4, -0.2) is 43.3 Å². The van der Waals surface area contributed by atoms with Crippen LogP contribution in [0.25, 0.3) is 0 Å². The van der Waals surface area contributed by atoms with Gasteiger partial charge in [0.05, 0.1) is 13.2 Å². The number of ether oxygens (including phenoxy) is 2. The van der Waals surface area contributed by atoms with E-state index in [1.807, 2.05) is 31.2 Å². The van der Waals surface area contributed by atoms with E-state index in [1.54, 1.807) is 0 Å². The Labute approximate surface area is 194 Å². The number of nitrogens with one attached hydrogen (secondary N) is 2. The van der Waals surface area contributed by atoms with Gasteiger partial charge in [0.25, 0.3) is 11.5 Å². The number of rotatable bonds is 3. The molecule has 3 heterocycles. The maximum atomic E-state index is 13.3. The molecule has 0 spiro atoms. The Kier molecular flexibility index (Phi) is 7.62. The van der Waals surface area contributed by atoms with E-state index in [2.05, 4.69) is 34.3 Å². The van der Waals surface area contributed by atoms with Crippen molar-refractivity contribution in [1.29, 1.82) is 0 Å². The lowest BCUT2D eigenvalue weighted by molar-refractivity contribution is 0.0845. The molecular formula is C26H33N3O4. The molecule has 4 rings (SSSR count). The molecule has 33 heavy (non-hydrogen) atoms. The molecule has 2 aliphatic heterocycles. The Bertz CT molecular complexity index is 1070. The van der Waals surface area contributed by atoms with Crippen molar-refractivity contribution in [3.8, 4) is 0 Å². The van der Waals surface area contributed by atoms with Crippen LogP contribution in [0, 0.1) is 6.92 Å². The molecule has 1 fully saturated rings. The number of hydrogen-bond acceptors (Lipinski definition) is 5. The third-order valence-corrected chi connectivity index (χ3v) is 6.43. The van der Waals surface area contributed by atoms with Crippen LogP contribution in [-0.2, 0) is 29.0 Å². The summed E-state index contributed by atoms with van der Waals surface area (Å²) in [4.78, 5) is 31.1. The normalized spacial score (nSPS) is 18.7. The number of aromatic nitrogens is 1. The van der Waals surface area contributed by atoms with Crippen LogP contribution in [0.5, 0.6) is 0 Å². The maximum absolute atomic E-state index is 13.3. The number of H-pyrrole nitrogens is 1. The number of aryl methyl sites for hydroxylation is 1. The SMILES string of the molecule is CCN(c1cccc2c1C/C=C\COCc1cc(C)[nH]c(=O)c1CNC2=O)C1CCOCC1. The van der Waals surface area contributed by atoms with Crippen LogP contribution < -0.4 is 15.8 Å². The summed E-state index contributed by atoms with van der Waals surface area (Å²) in [5, 5.41) is 2.98. The number of carbonyl (C=O) groups excluding carboxylic acids is 1. The number of aromatic amines is 1. The molecule has 176 valence electrons. The van der Waals surface area contributed by atoms with Gasteiger partial charge in [-0.3, -0.25) is 9.59 Å². The molecule has 1 aromatic heterocycles. The van der Waals surface area contributed by atoms with Crippen LogP contribution in [0.1, 0.15) is 52.5 Å². The fourth-order valence-corrected chi connectivity index (χ4v) is 4.77. The highest BCUT2D eigenvalue weighted by atomic mass is 16.5. The van der Waals surface area contributed by atoms with E-state index in [9.17, 15) is 9.59 Å². The van der Waals surface area contributed by atoms with Gasteiger partial charge in [0.1, 0.15) is 0 Å². The average Bonchev–Trinajstić information content (AvgIpc) is 2.83. The molecule has 0 unspecified atom stereocenters. The molecule has 1 amide bonds. The second kappa shape index (κ2) is 10.8. The predicted octanol–water partition coefficient (Wildman–Crippen LogP) is 3.25. The first-order chi connectivity index (χ1) is 16.1. The molecule has 1 saturated heterocycles. The largest absolute Gasteiger partial charge is 0.381 e. The molecule has 7 nitrogen and oxygen atoms in total. The van der Waals surface area contributed by atoms with Gasteiger partial charge in [-0.25, -0.2) is 0 Å². The molecule has 0 saturated carbocycles. The summed E-state index contributed by atoms with van der Waals surface area (Å²) in [6.45, 7) is 7.32. The topological polar surface area (TPSA) is 83.7 Å². The minimum atomic E-state index is -0.190. The van der Waals surface area contributed by atoms with Crippen molar-refractivity contribution in [1.82, 2.24) is 10.3 Å². The zero-order valence-corrected chi connectivity index (χ0v) is 19.5. The van der Waals surface area contributed by atoms with E-state index < -0.39 is 0 Å². The van der Waals surface area contributed by atoms with Gasteiger partial charge < -0.3 is 24.7 Å². The summed E-state index contributed by atoms with van der Waals surface area (Å²) >= 11 is 0. The Morgan fingerprint density at radius 2 is 1.91 bits per heavy atom. The van der Waals surface area contributed by atoms with E-state index >= 15 is 0 Å². The smallest absolute Gasteiger partial charge is 0.253 e. The van der Waals surface area contributed by atoms with Gasteiger partial charge in [0.15, 0.2) is 0 Å². The first kappa shape index (κ1) is 23.3. The molecule has 7 heteroatoms. The lowest BCUT2D eigenvalue weighted by Gasteiger charge is -2.37. The molecule has 2 aliphatic rings. The Morgan fingerprint density at radius 1 is 1.09 bits per heavy atom. The monoisotopic (exact) mass is 451 g/mol. The maximum Gasteiger partial charge on any atom is 0.253 e. The highest BCUT2D eigenvalue weighted by Crippen LogP contribution is 2.30. The summed E-state index contributed by atoms with van der Waals surface area (Å²) in [7, 11) is 0. The number of hydrogen-bond donors (Lipinski definition) is 2. The zero-order chi connectivity index (χ0) is 23.2. The van der Waals surface area contributed by atoms with Crippen molar-refractivity contribution >= 4 is 11.6 Å². The highest BCUT2D eigenvalue weighted by Gasteiger charge is 2.25. The Balaban J connectivity index is 1.70. The van der Waals surface area contributed by atoms with Gasteiger partial charge in [-0.05, 0) is 62.4 Å². The van der Waals surface area contributed by atoms with E-state index in [1.165, 1.54) is 0 Å². The summed E-state index contributed by atoms with van der Waals surface area (Å²) in [5.74, 6) is -0.172. The quantitative estimate of drug-likeness (QED) is 0.700. The van der Waals surface area contributed by atoms with E-state index in [4.69, 9.17) is 9.47 Å². The summed E-state index contributed by atoms with van der Waals surface area (Å²) in [6.07, 6.45) is 6.64. The van der Waals surface area contributed by atoms with Gasteiger partial charge in [0.2, 0.25) is 0 Å². The van der Waals surface area contributed by atoms with Crippen LogP contribution >= 0.6 is 0 Å². The number of carbonyl (C=O) groups is 1. The van der Waals surface area contributed by atoms with Crippen molar-refractivity contribution in [3.05, 3.63) is 74.7 Å². The number of pyridine rings is 1. The van der Waals surface area contributed by atoms with E-state index in [0.29, 0.717) is 36.8 Å². The molecule has 0 aliphatic carbocycles. The van der Waals surface area contributed by atoms with Gasteiger partial charge in [-0.2, -0.15) is 0 Å². The number of amides is 1. The van der Waals surface area contributed by atoms with Gasteiger partial charge in [-0.15, -0.1) is 0 Å². The van der Waals surface area contributed by atoms with Crippen molar-refractivity contribution < 1.29 is 14.3 Å². The highest BCUT2D eigenvalue weighted by molar-refractivity contribution is 5.97. The van der Waals surface area contributed by atoms with Gasteiger partial charge >= 0.3 is 0 Å². The lowest BCUT2D eigenvalue weighted by atomic mass is 9.97. The molecule has 2 N–H and O–H groups in total. The van der Waals surface area contributed by atoms with Crippen molar-refractivity contribution in [2.24, 2.45) is 0 Å². The molecule has 0 radical (unpaired) electrons. The molecule has 2 aromatic rings. The Hall–Kier alpha value is -2.90. The first-order valence-electron chi connectivity index (χ1n) is 11.8. The predicted molar refractivity (Wildman–Crippen MR) is 129 cm³/mol. The first-order valence-corrected chi connectivity index (χ1v) is 11.8. The number of anilines is 1. The lowest BCUT2D eigenvalue weighted by Crippen LogP contribution is -2.40.